The quantitative estimate of drug-likeness (QED) is 0.538. The summed E-state index contributed by atoms with van der Waals surface area (Å²) in [6.45, 7) is 1.93. The number of aryl methyl sites for hydroxylation is 1. The van der Waals surface area contributed by atoms with Crippen LogP contribution < -0.4 is 16.2 Å². The molecule has 0 spiro atoms. The Hall–Kier alpha value is -1.77. The van der Waals surface area contributed by atoms with Crippen molar-refractivity contribution in [1.82, 2.24) is 16.2 Å². The summed E-state index contributed by atoms with van der Waals surface area (Å²) < 4.78 is 0.838. The predicted molar refractivity (Wildman–Crippen MR) is 93.9 cm³/mol. The van der Waals surface area contributed by atoms with Crippen LogP contribution in [0.5, 0.6) is 0 Å². The van der Waals surface area contributed by atoms with E-state index in [1.165, 1.54) is 11.3 Å². The van der Waals surface area contributed by atoms with Gasteiger partial charge in [0, 0.05) is 10.0 Å². The lowest BCUT2D eigenvalue weighted by atomic mass is 10.1. The highest BCUT2D eigenvalue weighted by Crippen LogP contribution is 2.17. The number of thiophene rings is 1. The number of hydrogen-bond acceptors (Lipinski definition) is 4. The van der Waals surface area contributed by atoms with E-state index >= 15 is 0 Å². The molecule has 22 heavy (non-hydrogen) atoms. The van der Waals surface area contributed by atoms with Gasteiger partial charge in [0.15, 0.2) is 5.11 Å². The number of thiocarbonyl (C=S) groups is 1. The van der Waals surface area contributed by atoms with Crippen LogP contribution in [0.4, 0.5) is 0 Å². The molecule has 114 valence electrons. The van der Waals surface area contributed by atoms with Crippen molar-refractivity contribution in [3.63, 3.8) is 0 Å². The van der Waals surface area contributed by atoms with Crippen molar-refractivity contribution in [2.75, 3.05) is 0 Å². The maximum atomic E-state index is 12.0. The zero-order valence-electron chi connectivity index (χ0n) is 11.5. The van der Waals surface area contributed by atoms with Crippen molar-refractivity contribution in [3.8, 4) is 0 Å². The fourth-order valence-corrected chi connectivity index (χ4v) is 2.66. The Labute approximate surface area is 145 Å². The van der Waals surface area contributed by atoms with Gasteiger partial charge >= 0.3 is 0 Å². The Morgan fingerprint density at radius 3 is 2.59 bits per heavy atom. The first-order valence-electron chi connectivity index (χ1n) is 6.18. The molecule has 0 saturated heterocycles. The fourth-order valence-electron chi connectivity index (χ4n) is 1.52. The summed E-state index contributed by atoms with van der Waals surface area (Å²) in [6, 6.07) is 8.69. The van der Waals surface area contributed by atoms with E-state index in [0.29, 0.717) is 10.4 Å². The summed E-state index contributed by atoms with van der Waals surface area (Å²) in [5.74, 6) is -0.673. The van der Waals surface area contributed by atoms with Crippen LogP contribution in [0.15, 0.2) is 40.2 Å². The van der Waals surface area contributed by atoms with Gasteiger partial charge in [0.1, 0.15) is 0 Å². The standard InChI is InChI=1S/C14H12BrN3O2S2/c1-8-4-5-9(7-10(8)15)12(19)16-14(21)18-17-13(20)11-3-2-6-22-11/h2-7H,1H3,(H,17,20)(H2,16,18,19,21). The number of benzene rings is 1. The van der Waals surface area contributed by atoms with Crippen LogP contribution in [0, 0.1) is 6.92 Å². The van der Waals surface area contributed by atoms with E-state index < -0.39 is 0 Å². The second-order valence-corrected chi connectivity index (χ2v) is 6.51. The van der Waals surface area contributed by atoms with Crippen molar-refractivity contribution >= 4 is 56.4 Å². The average Bonchev–Trinajstić information content (AvgIpc) is 3.02. The van der Waals surface area contributed by atoms with Gasteiger partial charge in [-0.3, -0.25) is 25.8 Å². The van der Waals surface area contributed by atoms with E-state index in [2.05, 4.69) is 32.1 Å². The number of carbonyl (C=O) groups excluding carboxylic acids is 2. The maximum absolute atomic E-state index is 12.0. The summed E-state index contributed by atoms with van der Waals surface area (Å²) in [4.78, 5) is 24.3. The Bertz CT molecular complexity index is 717. The van der Waals surface area contributed by atoms with Crippen LogP contribution in [0.1, 0.15) is 25.6 Å². The van der Waals surface area contributed by atoms with E-state index in [-0.39, 0.29) is 16.9 Å². The molecule has 1 aromatic carbocycles. The van der Waals surface area contributed by atoms with Gasteiger partial charge in [-0.1, -0.05) is 28.1 Å². The number of nitrogens with one attached hydrogen (secondary N) is 3. The monoisotopic (exact) mass is 397 g/mol. The number of rotatable bonds is 2. The van der Waals surface area contributed by atoms with Gasteiger partial charge < -0.3 is 0 Å². The lowest BCUT2D eigenvalue weighted by Gasteiger charge is -2.10. The third-order valence-corrected chi connectivity index (χ3v) is 4.62. The minimum Gasteiger partial charge on any atom is -0.298 e. The highest BCUT2D eigenvalue weighted by molar-refractivity contribution is 9.10. The van der Waals surface area contributed by atoms with E-state index in [4.69, 9.17) is 12.2 Å². The Morgan fingerprint density at radius 2 is 1.95 bits per heavy atom. The number of hydrogen-bond donors (Lipinski definition) is 3. The molecule has 0 saturated carbocycles. The van der Waals surface area contributed by atoms with Crippen molar-refractivity contribution in [2.24, 2.45) is 0 Å². The fraction of sp³-hybridized carbons (Fsp3) is 0.0714. The summed E-state index contributed by atoms with van der Waals surface area (Å²) in [7, 11) is 0. The van der Waals surface area contributed by atoms with Gasteiger partial charge in [0.2, 0.25) is 0 Å². The van der Waals surface area contributed by atoms with Gasteiger partial charge in [-0.15, -0.1) is 11.3 Å². The molecule has 0 aliphatic carbocycles. The van der Waals surface area contributed by atoms with E-state index in [9.17, 15) is 9.59 Å². The first-order valence-corrected chi connectivity index (χ1v) is 8.27. The molecular weight excluding hydrogens is 386 g/mol. The van der Waals surface area contributed by atoms with Crippen molar-refractivity contribution in [1.29, 1.82) is 0 Å². The summed E-state index contributed by atoms with van der Waals surface area (Å²) >= 11 is 9.65. The van der Waals surface area contributed by atoms with Crippen LogP contribution in [0.2, 0.25) is 0 Å². The molecule has 0 radical (unpaired) electrons. The molecule has 2 amide bonds. The van der Waals surface area contributed by atoms with Gasteiger partial charge in [-0.05, 0) is 48.3 Å². The van der Waals surface area contributed by atoms with Crippen molar-refractivity contribution in [3.05, 3.63) is 56.2 Å². The Morgan fingerprint density at radius 1 is 1.18 bits per heavy atom. The maximum Gasteiger partial charge on any atom is 0.279 e. The zero-order chi connectivity index (χ0) is 16.1. The molecule has 0 aliphatic heterocycles. The molecule has 0 unspecified atom stereocenters. The van der Waals surface area contributed by atoms with Crippen LogP contribution >= 0.6 is 39.5 Å². The van der Waals surface area contributed by atoms with Crippen LogP contribution in [0.3, 0.4) is 0 Å². The molecule has 2 aromatic rings. The lowest BCUT2D eigenvalue weighted by molar-refractivity contribution is 0.0938. The lowest BCUT2D eigenvalue weighted by Crippen LogP contribution is -2.48. The Kier molecular flexibility index (Phi) is 5.64. The molecule has 2 rings (SSSR count). The third kappa shape index (κ3) is 4.36. The summed E-state index contributed by atoms with van der Waals surface area (Å²) in [5.41, 5.74) is 6.40. The highest BCUT2D eigenvalue weighted by Gasteiger charge is 2.10. The van der Waals surface area contributed by atoms with Crippen molar-refractivity contribution in [2.45, 2.75) is 6.92 Å². The first-order chi connectivity index (χ1) is 10.5. The van der Waals surface area contributed by atoms with Gasteiger partial charge in [-0.25, -0.2) is 0 Å². The molecule has 0 fully saturated rings. The second kappa shape index (κ2) is 7.48. The highest BCUT2D eigenvalue weighted by atomic mass is 79.9. The van der Waals surface area contributed by atoms with Gasteiger partial charge in [0.25, 0.3) is 11.8 Å². The SMILES string of the molecule is Cc1ccc(C(=O)NC(=S)NNC(=O)c2cccs2)cc1Br. The third-order valence-electron chi connectivity index (χ3n) is 2.70. The van der Waals surface area contributed by atoms with Crippen LogP contribution in [-0.2, 0) is 0 Å². The molecule has 0 bridgehead atoms. The number of halogens is 1. The average molecular weight is 398 g/mol. The van der Waals surface area contributed by atoms with Gasteiger partial charge in [-0.2, -0.15) is 0 Å². The van der Waals surface area contributed by atoms with E-state index in [0.717, 1.165) is 10.0 Å². The number of hydrazine groups is 1. The molecule has 0 atom stereocenters. The smallest absolute Gasteiger partial charge is 0.279 e. The topological polar surface area (TPSA) is 70.2 Å². The molecule has 5 nitrogen and oxygen atoms in total. The summed E-state index contributed by atoms with van der Waals surface area (Å²) in [5, 5.41) is 4.31. The molecule has 1 aromatic heterocycles. The summed E-state index contributed by atoms with van der Waals surface area (Å²) in [6.07, 6.45) is 0. The molecule has 8 heteroatoms. The minimum absolute atomic E-state index is 0.0200. The van der Waals surface area contributed by atoms with E-state index in [1.54, 1.807) is 29.6 Å². The van der Waals surface area contributed by atoms with Crippen molar-refractivity contribution < 1.29 is 9.59 Å². The molecular formula is C14H12BrN3O2S2. The predicted octanol–water partition coefficient (Wildman–Crippen LogP) is 2.77. The van der Waals surface area contributed by atoms with Crippen LogP contribution in [-0.4, -0.2) is 16.9 Å². The minimum atomic E-state index is -0.358. The van der Waals surface area contributed by atoms with Crippen LogP contribution in [0.25, 0.3) is 0 Å². The molecule has 3 N–H and O–H groups in total. The second-order valence-electron chi connectivity index (χ2n) is 4.30. The Balaban J connectivity index is 1.87. The van der Waals surface area contributed by atoms with Gasteiger partial charge in [0.05, 0.1) is 4.88 Å². The zero-order valence-corrected chi connectivity index (χ0v) is 14.7. The van der Waals surface area contributed by atoms with E-state index in [1.807, 2.05) is 13.0 Å². The number of carbonyl (C=O) groups is 2. The molecule has 0 aliphatic rings. The number of amides is 2. The first kappa shape index (κ1) is 16.6. The normalized spacial score (nSPS) is 9.91. The molecule has 1 heterocycles. The largest absolute Gasteiger partial charge is 0.298 e.